The van der Waals surface area contributed by atoms with E-state index < -0.39 is 0 Å². The number of ether oxygens (including phenoxy) is 1. The molecule has 1 atom stereocenters. The van der Waals surface area contributed by atoms with Crippen LogP contribution in [-0.2, 0) is 4.79 Å². The number of alkyl halides is 1. The van der Waals surface area contributed by atoms with E-state index in [1.807, 2.05) is 24.3 Å². The standard InChI is InChI=1S/C17H22ClNO2/c18-11-17(8-4-1-5-9-17)12-19-16(20)14-10-21-15-7-3-2-6-13(14)15/h2-3,6-7,14H,1,4-5,8-12H2,(H,19,20). The summed E-state index contributed by atoms with van der Waals surface area (Å²) in [4.78, 5) is 12.5. The molecule has 1 aromatic rings. The van der Waals surface area contributed by atoms with Crippen LogP contribution in [0.25, 0.3) is 0 Å². The minimum Gasteiger partial charge on any atom is -0.492 e. The molecule has 1 N–H and O–H groups in total. The van der Waals surface area contributed by atoms with E-state index in [0.717, 1.165) is 24.2 Å². The van der Waals surface area contributed by atoms with E-state index in [-0.39, 0.29) is 17.2 Å². The molecule has 3 rings (SSSR count). The summed E-state index contributed by atoms with van der Waals surface area (Å²) in [5, 5.41) is 3.12. The van der Waals surface area contributed by atoms with Crippen LogP contribution in [0.2, 0.25) is 0 Å². The Bertz CT molecular complexity index is 511. The molecule has 0 aromatic heterocycles. The third kappa shape index (κ3) is 3.03. The second-order valence-corrected chi connectivity index (χ2v) is 6.58. The fourth-order valence-electron chi connectivity index (χ4n) is 3.44. The smallest absolute Gasteiger partial charge is 0.231 e. The van der Waals surface area contributed by atoms with Crippen LogP contribution in [0.1, 0.15) is 43.6 Å². The van der Waals surface area contributed by atoms with Gasteiger partial charge in [0.05, 0.1) is 0 Å². The van der Waals surface area contributed by atoms with Gasteiger partial charge >= 0.3 is 0 Å². The third-order valence-corrected chi connectivity index (χ3v) is 5.42. The number of benzene rings is 1. The second-order valence-electron chi connectivity index (χ2n) is 6.31. The monoisotopic (exact) mass is 307 g/mol. The van der Waals surface area contributed by atoms with Crippen molar-refractivity contribution < 1.29 is 9.53 Å². The van der Waals surface area contributed by atoms with Gasteiger partial charge in [-0.3, -0.25) is 4.79 Å². The van der Waals surface area contributed by atoms with Crippen LogP contribution in [0.15, 0.2) is 24.3 Å². The van der Waals surface area contributed by atoms with Gasteiger partial charge in [-0.25, -0.2) is 0 Å². The Morgan fingerprint density at radius 2 is 2.05 bits per heavy atom. The lowest BCUT2D eigenvalue weighted by Crippen LogP contribution is -2.42. The van der Waals surface area contributed by atoms with Crippen LogP contribution in [0, 0.1) is 5.41 Å². The number of fused-ring (bicyclic) bond motifs is 1. The Labute approximate surface area is 131 Å². The van der Waals surface area contributed by atoms with Crippen LogP contribution in [-0.4, -0.2) is 24.9 Å². The lowest BCUT2D eigenvalue weighted by Gasteiger charge is -2.35. The number of rotatable bonds is 4. The van der Waals surface area contributed by atoms with Gasteiger partial charge in [0.1, 0.15) is 18.3 Å². The van der Waals surface area contributed by atoms with Crippen LogP contribution in [0.5, 0.6) is 5.75 Å². The zero-order valence-electron chi connectivity index (χ0n) is 12.2. The lowest BCUT2D eigenvalue weighted by molar-refractivity contribution is -0.123. The number of carbonyl (C=O) groups is 1. The highest BCUT2D eigenvalue weighted by Gasteiger charge is 2.34. The van der Waals surface area contributed by atoms with Crippen molar-refractivity contribution in [1.82, 2.24) is 5.32 Å². The second kappa shape index (κ2) is 6.27. The Morgan fingerprint density at radius 3 is 2.81 bits per heavy atom. The molecular formula is C17H22ClNO2. The highest BCUT2D eigenvalue weighted by atomic mass is 35.5. The quantitative estimate of drug-likeness (QED) is 0.865. The Morgan fingerprint density at radius 1 is 1.29 bits per heavy atom. The lowest BCUT2D eigenvalue weighted by atomic mass is 9.75. The summed E-state index contributed by atoms with van der Waals surface area (Å²) in [6.45, 7) is 1.13. The van der Waals surface area contributed by atoms with Crippen LogP contribution < -0.4 is 10.1 Å². The number of para-hydroxylation sites is 1. The van der Waals surface area contributed by atoms with Gasteiger partial charge in [0.25, 0.3) is 0 Å². The van der Waals surface area contributed by atoms with E-state index in [4.69, 9.17) is 16.3 Å². The van der Waals surface area contributed by atoms with Gasteiger partial charge in [-0.2, -0.15) is 0 Å². The first-order valence-electron chi connectivity index (χ1n) is 7.79. The first-order chi connectivity index (χ1) is 10.2. The topological polar surface area (TPSA) is 38.3 Å². The van der Waals surface area contributed by atoms with Gasteiger partial charge < -0.3 is 10.1 Å². The molecule has 0 saturated heterocycles. The van der Waals surface area contributed by atoms with Gasteiger partial charge in [0.15, 0.2) is 0 Å². The maximum absolute atomic E-state index is 12.5. The SMILES string of the molecule is O=C(NCC1(CCl)CCCCC1)C1COc2ccccc21. The molecule has 0 radical (unpaired) electrons. The number of carbonyl (C=O) groups excluding carboxylic acids is 1. The fourth-order valence-corrected chi connectivity index (χ4v) is 3.80. The van der Waals surface area contributed by atoms with Crippen molar-refractivity contribution in [2.75, 3.05) is 19.0 Å². The highest BCUT2D eigenvalue weighted by molar-refractivity contribution is 6.18. The van der Waals surface area contributed by atoms with Crippen LogP contribution in [0.4, 0.5) is 0 Å². The van der Waals surface area contributed by atoms with E-state index in [1.54, 1.807) is 0 Å². The van der Waals surface area contributed by atoms with E-state index in [9.17, 15) is 4.79 Å². The molecule has 1 amide bonds. The summed E-state index contributed by atoms with van der Waals surface area (Å²) in [6.07, 6.45) is 5.97. The Hall–Kier alpha value is -1.22. The first-order valence-corrected chi connectivity index (χ1v) is 8.33. The van der Waals surface area contributed by atoms with Crippen molar-refractivity contribution >= 4 is 17.5 Å². The van der Waals surface area contributed by atoms with Crippen molar-refractivity contribution in [2.24, 2.45) is 5.41 Å². The molecule has 1 unspecified atom stereocenters. The molecule has 4 heteroatoms. The zero-order chi connectivity index (χ0) is 14.7. The molecule has 2 aliphatic rings. The third-order valence-electron chi connectivity index (χ3n) is 4.85. The predicted octanol–water partition coefficient (Wildman–Crippen LogP) is 3.47. The minimum atomic E-state index is -0.183. The first kappa shape index (κ1) is 14.7. The van der Waals surface area contributed by atoms with Gasteiger partial charge in [0, 0.05) is 23.4 Å². The van der Waals surface area contributed by atoms with Crippen molar-refractivity contribution in [3.8, 4) is 5.75 Å². The van der Waals surface area contributed by atoms with Gasteiger partial charge in [0.2, 0.25) is 5.91 Å². The van der Waals surface area contributed by atoms with E-state index >= 15 is 0 Å². The summed E-state index contributed by atoms with van der Waals surface area (Å²) < 4.78 is 5.59. The summed E-state index contributed by atoms with van der Waals surface area (Å²) >= 11 is 6.19. The normalized spacial score (nSPS) is 23.2. The average molecular weight is 308 g/mol. The summed E-state index contributed by atoms with van der Waals surface area (Å²) in [5.41, 5.74) is 1.09. The molecule has 0 bridgehead atoms. The van der Waals surface area contributed by atoms with Crippen molar-refractivity contribution in [3.63, 3.8) is 0 Å². The molecule has 1 heterocycles. The van der Waals surface area contributed by atoms with Gasteiger partial charge in [-0.1, -0.05) is 37.5 Å². The van der Waals surface area contributed by atoms with Crippen LogP contribution >= 0.6 is 11.6 Å². The van der Waals surface area contributed by atoms with Gasteiger partial charge in [-0.05, 0) is 18.9 Å². The predicted molar refractivity (Wildman–Crippen MR) is 83.9 cm³/mol. The number of nitrogens with one attached hydrogen (secondary N) is 1. The molecule has 1 fully saturated rings. The number of hydrogen-bond donors (Lipinski definition) is 1. The summed E-state index contributed by atoms with van der Waals surface area (Å²) in [7, 11) is 0. The minimum absolute atomic E-state index is 0.0648. The molecular weight excluding hydrogens is 286 g/mol. The zero-order valence-corrected chi connectivity index (χ0v) is 13.0. The molecule has 1 aromatic carbocycles. The number of amides is 1. The van der Waals surface area contributed by atoms with Crippen molar-refractivity contribution in [3.05, 3.63) is 29.8 Å². The van der Waals surface area contributed by atoms with E-state index in [2.05, 4.69) is 5.32 Å². The molecule has 1 aliphatic heterocycles. The van der Waals surface area contributed by atoms with Crippen molar-refractivity contribution in [2.45, 2.75) is 38.0 Å². The average Bonchev–Trinajstić information content (AvgIpc) is 2.98. The maximum Gasteiger partial charge on any atom is 0.231 e. The molecule has 21 heavy (non-hydrogen) atoms. The number of hydrogen-bond acceptors (Lipinski definition) is 2. The largest absolute Gasteiger partial charge is 0.492 e. The Kier molecular flexibility index (Phi) is 4.39. The fraction of sp³-hybridized carbons (Fsp3) is 0.588. The number of halogens is 1. The summed E-state index contributed by atoms with van der Waals surface area (Å²) in [5.74, 6) is 1.35. The molecule has 1 saturated carbocycles. The molecule has 3 nitrogen and oxygen atoms in total. The van der Waals surface area contributed by atoms with E-state index in [0.29, 0.717) is 19.0 Å². The van der Waals surface area contributed by atoms with Crippen LogP contribution in [0.3, 0.4) is 0 Å². The van der Waals surface area contributed by atoms with E-state index in [1.165, 1.54) is 19.3 Å². The Balaban J connectivity index is 1.62. The van der Waals surface area contributed by atoms with Gasteiger partial charge in [-0.15, -0.1) is 11.6 Å². The maximum atomic E-state index is 12.5. The highest BCUT2D eigenvalue weighted by Crippen LogP contribution is 2.37. The van der Waals surface area contributed by atoms with Crippen molar-refractivity contribution in [1.29, 1.82) is 0 Å². The molecule has 114 valence electrons. The molecule has 1 aliphatic carbocycles. The molecule has 0 spiro atoms. The summed E-state index contributed by atoms with van der Waals surface area (Å²) in [6, 6.07) is 7.79.